The maximum absolute atomic E-state index is 10.2. The molecule has 0 aliphatic carbocycles. The number of aliphatic hydroxyl groups is 1. The van der Waals surface area contributed by atoms with E-state index in [0.29, 0.717) is 22.9 Å². The Morgan fingerprint density at radius 3 is 2.40 bits per heavy atom. The van der Waals surface area contributed by atoms with Gasteiger partial charge in [-0.15, -0.1) is 0 Å². The molecule has 0 radical (unpaired) electrons. The van der Waals surface area contributed by atoms with Gasteiger partial charge in [0.1, 0.15) is 5.75 Å². The summed E-state index contributed by atoms with van der Waals surface area (Å²) in [5.41, 5.74) is 1.91. The molecule has 1 N–H and O–H groups in total. The fourth-order valence-corrected chi connectivity index (χ4v) is 2.46. The highest BCUT2D eigenvalue weighted by Gasteiger charge is 2.11. The van der Waals surface area contributed by atoms with Crippen LogP contribution in [-0.2, 0) is 12.8 Å². The van der Waals surface area contributed by atoms with Crippen LogP contribution in [0.5, 0.6) is 5.75 Å². The average Bonchev–Trinajstić information content (AvgIpc) is 2.45. The summed E-state index contributed by atoms with van der Waals surface area (Å²) in [6.45, 7) is 0. The second-order valence-corrected chi connectivity index (χ2v) is 5.41. The van der Waals surface area contributed by atoms with E-state index in [9.17, 15) is 5.11 Å². The summed E-state index contributed by atoms with van der Waals surface area (Å²) in [5.74, 6) is 0.807. The summed E-state index contributed by atoms with van der Waals surface area (Å²) in [4.78, 5) is 0. The molecule has 0 amide bonds. The van der Waals surface area contributed by atoms with E-state index in [1.165, 1.54) is 0 Å². The van der Waals surface area contributed by atoms with Crippen LogP contribution in [0.3, 0.4) is 0 Å². The van der Waals surface area contributed by atoms with Gasteiger partial charge in [0.25, 0.3) is 0 Å². The number of ether oxygens (including phenoxy) is 1. The Bertz CT molecular complexity index is 567. The molecule has 0 aliphatic heterocycles. The van der Waals surface area contributed by atoms with Gasteiger partial charge >= 0.3 is 0 Å². The molecule has 2 nitrogen and oxygen atoms in total. The first kappa shape index (κ1) is 15.2. The van der Waals surface area contributed by atoms with Crippen LogP contribution in [0.1, 0.15) is 11.1 Å². The fraction of sp³-hybridized carbons (Fsp3) is 0.250. The maximum atomic E-state index is 10.2. The van der Waals surface area contributed by atoms with Crippen molar-refractivity contribution >= 4 is 23.2 Å². The van der Waals surface area contributed by atoms with Crippen molar-refractivity contribution in [3.05, 3.63) is 63.6 Å². The van der Waals surface area contributed by atoms with Gasteiger partial charge in [-0.2, -0.15) is 0 Å². The standard InChI is InChI=1S/C16H16Cl2O2/c1-20-14-7-5-11(6-8-14)9-13(19)10-12-3-2-4-15(17)16(12)18/h2-8,13,19H,9-10H2,1H3. The molecular formula is C16H16Cl2O2. The number of hydrogen-bond donors (Lipinski definition) is 1. The smallest absolute Gasteiger partial charge is 0.118 e. The van der Waals surface area contributed by atoms with Crippen molar-refractivity contribution in [2.45, 2.75) is 18.9 Å². The molecule has 0 saturated carbocycles. The molecular weight excluding hydrogens is 295 g/mol. The zero-order chi connectivity index (χ0) is 14.5. The van der Waals surface area contributed by atoms with Crippen molar-refractivity contribution in [2.75, 3.05) is 7.11 Å². The van der Waals surface area contributed by atoms with Crippen molar-refractivity contribution in [3.63, 3.8) is 0 Å². The largest absolute Gasteiger partial charge is 0.497 e. The molecule has 0 aliphatic rings. The van der Waals surface area contributed by atoms with Crippen LogP contribution in [0.25, 0.3) is 0 Å². The Morgan fingerprint density at radius 1 is 1.05 bits per heavy atom. The predicted molar refractivity (Wildman–Crippen MR) is 82.9 cm³/mol. The number of rotatable bonds is 5. The van der Waals surface area contributed by atoms with Crippen LogP contribution in [0.2, 0.25) is 10.0 Å². The maximum Gasteiger partial charge on any atom is 0.118 e. The van der Waals surface area contributed by atoms with Crippen LogP contribution < -0.4 is 4.74 Å². The summed E-state index contributed by atoms with van der Waals surface area (Å²) < 4.78 is 5.10. The van der Waals surface area contributed by atoms with Crippen molar-refractivity contribution < 1.29 is 9.84 Å². The molecule has 2 aromatic carbocycles. The summed E-state index contributed by atoms with van der Waals surface area (Å²) in [6, 6.07) is 13.1. The zero-order valence-electron chi connectivity index (χ0n) is 11.1. The number of benzene rings is 2. The minimum Gasteiger partial charge on any atom is -0.497 e. The highest BCUT2D eigenvalue weighted by molar-refractivity contribution is 6.42. The van der Waals surface area contributed by atoms with E-state index in [4.69, 9.17) is 27.9 Å². The summed E-state index contributed by atoms with van der Waals surface area (Å²) >= 11 is 12.1. The molecule has 0 saturated heterocycles. The number of aliphatic hydroxyl groups excluding tert-OH is 1. The summed E-state index contributed by atoms with van der Waals surface area (Å²) in [7, 11) is 1.63. The molecule has 4 heteroatoms. The van der Waals surface area contributed by atoms with Gasteiger partial charge in [0.05, 0.1) is 23.3 Å². The third-order valence-electron chi connectivity index (χ3n) is 3.12. The molecule has 1 atom stereocenters. The van der Waals surface area contributed by atoms with Crippen LogP contribution in [-0.4, -0.2) is 18.3 Å². The SMILES string of the molecule is COc1ccc(CC(O)Cc2cccc(Cl)c2Cl)cc1. The van der Waals surface area contributed by atoms with E-state index in [1.807, 2.05) is 36.4 Å². The average molecular weight is 311 g/mol. The van der Waals surface area contributed by atoms with Crippen molar-refractivity contribution in [3.8, 4) is 5.75 Å². The van der Waals surface area contributed by atoms with Gasteiger partial charge in [-0.05, 0) is 35.7 Å². The van der Waals surface area contributed by atoms with Gasteiger partial charge in [-0.3, -0.25) is 0 Å². The van der Waals surface area contributed by atoms with Gasteiger partial charge in [0, 0.05) is 6.42 Å². The van der Waals surface area contributed by atoms with Crippen molar-refractivity contribution in [1.29, 1.82) is 0 Å². The molecule has 2 rings (SSSR count). The van der Waals surface area contributed by atoms with Crippen molar-refractivity contribution in [2.24, 2.45) is 0 Å². The lowest BCUT2D eigenvalue weighted by Gasteiger charge is -2.13. The summed E-state index contributed by atoms with van der Waals surface area (Å²) in [6.07, 6.45) is 0.539. The van der Waals surface area contributed by atoms with Gasteiger partial charge in [0.15, 0.2) is 0 Å². The van der Waals surface area contributed by atoms with E-state index in [0.717, 1.165) is 16.9 Å². The Labute approximate surface area is 128 Å². The Morgan fingerprint density at radius 2 is 1.75 bits per heavy atom. The molecule has 0 bridgehead atoms. The predicted octanol–water partition coefficient (Wildman–Crippen LogP) is 4.15. The highest BCUT2D eigenvalue weighted by Crippen LogP contribution is 2.26. The first-order chi connectivity index (χ1) is 9.60. The van der Waals surface area contributed by atoms with E-state index in [-0.39, 0.29) is 0 Å². The minimum atomic E-state index is -0.501. The lowest BCUT2D eigenvalue weighted by Crippen LogP contribution is -2.14. The lowest BCUT2D eigenvalue weighted by molar-refractivity contribution is 0.175. The summed E-state index contributed by atoms with van der Waals surface area (Å²) in [5, 5.41) is 11.2. The van der Waals surface area contributed by atoms with Crippen LogP contribution in [0.15, 0.2) is 42.5 Å². The number of halogens is 2. The monoisotopic (exact) mass is 310 g/mol. The van der Waals surface area contributed by atoms with Crippen LogP contribution in [0, 0.1) is 0 Å². The third kappa shape index (κ3) is 3.89. The molecule has 0 aromatic heterocycles. The lowest BCUT2D eigenvalue weighted by atomic mass is 10.0. The fourth-order valence-electron chi connectivity index (χ4n) is 2.07. The normalized spacial score (nSPS) is 12.2. The topological polar surface area (TPSA) is 29.5 Å². The third-order valence-corrected chi connectivity index (χ3v) is 3.98. The first-order valence-corrected chi connectivity index (χ1v) is 7.09. The van der Waals surface area contributed by atoms with E-state index < -0.39 is 6.10 Å². The molecule has 0 spiro atoms. The Kier molecular flexibility index (Phi) is 5.30. The second-order valence-electron chi connectivity index (χ2n) is 4.62. The van der Waals surface area contributed by atoms with Gasteiger partial charge in [-0.25, -0.2) is 0 Å². The van der Waals surface area contributed by atoms with Gasteiger partial charge < -0.3 is 9.84 Å². The van der Waals surface area contributed by atoms with Crippen LogP contribution in [0.4, 0.5) is 0 Å². The first-order valence-electron chi connectivity index (χ1n) is 6.34. The molecule has 0 heterocycles. The molecule has 1 unspecified atom stereocenters. The van der Waals surface area contributed by atoms with Gasteiger partial charge in [-0.1, -0.05) is 47.5 Å². The van der Waals surface area contributed by atoms with Gasteiger partial charge in [0.2, 0.25) is 0 Å². The molecule has 20 heavy (non-hydrogen) atoms. The molecule has 2 aromatic rings. The highest BCUT2D eigenvalue weighted by atomic mass is 35.5. The number of methoxy groups -OCH3 is 1. The Balaban J connectivity index is 2.01. The minimum absolute atomic E-state index is 0.478. The van der Waals surface area contributed by atoms with Crippen molar-refractivity contribution in [1.82, 2.24) is 0 Å². The second kappa shape index (κ2) is 6.98. The van der Waals surface area contributed by atoms with E-state index >= 15 is 0 Å². The van der Waals surface area contributed by atoms with E-state index in [1.54, 1.807) is 13.2 Å². The molecule has 106 valence electrons. The van der Waals surface area contributed by atoms with Crippen LogP contribution >= 0.6 is 23.2 Å². The molecule has 0 fully saturated rings. The number of hydrogen-bond acceptors (Lipinski definition) is 2. The quantitative estimate of drug-likeness (QED) is 0.899. The zero-order valence-corrected chi connectivity index (χ0v) is 12.7. The van der Waals surface area contributed by atoms with E-state index in [2.05, 4.69) is 0 Å². The Hall–Kier alpha value is -1.22.